The molecule has 2 aliphatic carbocycles. The Morgan fingerprint density at radius 2 is 1.71 bits per heavy atom. The minimum absolute atomic E-state index is 0.122. The fourth-order valence-electron chi connectivity index (χ4n) is 2.62. The molecular formula is C12H14BrN. The molecule has 3 rings (SSSR count). The quantitative estimate of drug-likeness (QED) is 0.860. The molecule has 0 aromatic heterocycles. The topological polar surface area (TPSA) is 26.0 Å². The van der Waals surface area contributed by atoms with Crippen LogP contribution in [0.5, 0.6) is 0 Å². The van der Waals surface area contributed by atoms with Gasteiger partial charge in [-0.05, 0) is 37.3 Å². The van der Waals surface area contributed by atoms with E-state index in [0.29, 0.717) is 5.41 Å². The summed E-state index contributed by atoms with van der Waals surface area (Å²) in [6.07, 6.45) is 4.95. The fraction of sp³-hybridized carbons (Fsp3) is 0.500. The van der Waals surface area contributed by atoms with Crippen LogP contribution in [0.2, 0.25) is 0 Å². The van der Waals surface area contributed by atoms with Crippen LogP contribution in [0.15, 0.2) is 28.7 Å². The minimum Gasteiger partial charge on any atom is -0.324 e. The summed E-state index contributed by atoms with van der Waals surface area (Å²) in [6.45, 7) is 0. The van der Waals surface area contributed by atoms with Gasteiger partial charge in [0.1, 0.15) is 0 Å². The van der Waals surface area contributed by atoms with E-state index in [1.807, 2.05) is 0 Å². The van der Waals surface area contributed by atoms with Gasteiger partial charge in [0.15, 0.2) is 0 Å². The highest BCUT2D eigenvalue weighted by Gasteiger charge is 2.64. The number of hydrogen-bond donors (Lipinski definition) is 1. The van der Waals surface area contributed by atoms with Gasteiger partial charge >= 0.3 is 0 Å². The molecule has 2 aliphatic rings. The summed E-state index contributed by atoms with van der Waals surface area (Å²) in [4.78, 5) is 0. The van der Waals surface area contributed by atoms with Crippen molar-refractivity contribution in [3.05, 3.63) is 34.3 Å². The van der Waals surface area contributed by atoms with Gasteiger partial charge in [0.2, 0.25) is 0 Å². The van der Waals surface area contributed by atoms with Crippen LogP contribution >= 0.6 is 15.9 Å². The molecule has 2 fully saturated rings. The molecule has 0 aliphatic heterocycles. The first kappa shape index (κ1) is 8.93. The van der Waals surface area contributed by atoms with Crippen LogP contribution in [0.3, 0.4) is 0 Å². The van der Waals surface area contributed by atoms with E-state index in [-0.39, 0.29) is 5.54 Å². The molecule has 1 aromatic rings. The maximum Gasteiger partial charge on any atom is 0.0254 e. The Balaban J connectivity index is 2.07. The average molecular weight is 252 g/mol. The number of benzene rings is 1. The molecule has 14 heavy (non-hydrogen) atoms. The van der Waals surface area contributed by atoms with E-state index >= 15 is 0 Å². The molecule has 0 amide bonds. The lowest BCUT2D eigenvalue weighted by atomic mass is 9.86. The molecule has 1 nitrogen and oxygen atoms in total. The fourth-order valence-corrected chi connectivity index (χ4v) is 3.29. The van der Waals surface area contributed by atoms with Crippen LogP contribution in [0.4, 0.5) is 0 Å². The third-order valence-electron chi connectivity index (χ3n) is 3.88. The van der Waals surface area contributed by atoms with Crippen molar-refractivity contribution in [3.63, 3.8) is 0 Å². The highest BCUT2D eigenvalue weighted by molar-refractivity contribution is 9.10. The molecule has 74 valence electrons. The number of rotatable bonds is 2. The molecule has 0 radical (unpaired) electrons. The minimum atomic E-state index is 0.122. The van der Waals surface area contributed by atoms with Gasteiger partial charge in [-0.25, -0.2) is 0 Å². The number of halogens is 1. The summed E-state index contributed by atoms with van der Waals surface area (Å²) in [5.41, 5.74) is 8.23. The third-order valence-corrected chi connectivity index (χ3v) is 4.57. The largest absolute Gasteiger partial charge is 0.324 e. The smallest absolute Gasteiger partial charge is 0.0254 e. The number of nitrogens with two attached hydrogens (primary N) is 1. The lowest BCUT2D eigenvalue weighted by molar-refractivity contribution is 0.501. The zero-order valence-electron chi connectivity index (χ0n) is 8.09. The Bertz CT molecular complexity index is 378. The van der Waals surface area contributed by atoms with Gasteiger partial charge in [-0.15, -0.1) is 0 Å². The predicted octanol–water partition coefficient (Wildman–Crippen LogP) is 2.97. The van der Waals surface area contributed by atoms with Gasteiger partial charge in [-0.1, -0.05) is 34.1 Å². The van der Waals surface area contributed by atoms with Gasteiger partial charge in [-0.3, -0.25) is 0 Å². The van der Waals surface area contributed by atoms with Gasteiger partial charge in [0, 0.05) is 15.4 Å². The summed E-state index contributed by atoms with van der Waals surface area (Å²) in [5.74, 6) is 0. The van der Waals surface area contributed by atoms with Gasteiger partial charge in [-0.2, -0.15) is 0 Å². The highest BCUT2D eigenvalue weighted by atomic mass is 79.9. The van der Waals surface area contributed by atoms with Crippen LogP contribution in [0, 0.1) is 0 Å². The summed E-state index contributed by atoms with van der Waals surface area (Å²) < 4.78 is 1.23. The Morgan fingerprint density at radius 3 is 2.21 bits per heavy atom. The van der Waals surface area contributed by atoms with E-state index in [0.717, 1.165) is 0 Å². The second kappa shape index (κ2) is 2.61. The molecular weight excluding hydrogens is 238 g/mol. The first-order valence-corrected chi connectivity index (χ1v) is 6.01. The maximum absolute atomic E-state index is 6.37. The van der Waals surface area contributed by atoms with Crippen molar-refractivity contribution in [2.75, 3.05) is 0 Å². The summed E-state index contributed by atoms with van der Waals surface area (Å²) in [6, 6.07) is 8.54. The molecule has 0 spiro atoms. The standard InChI is InChI=1S/C12H14BrN/c13-10-4-2-1-3-9(10)11(5-6-11)12(14)7-8-12/h1-4H,5-8,14H2. The first-order valence-electron chi connectivity index (χ1n) is 5.22. The molecule has 0 bridgehead atoms. The van der Waals surface area contributed by atoms with Crippen molar-refractivity contribution in [2.45, 2.75) is 36.6 Å². The Kier molecular flexibility index (Phi) is 1.67. The summed E-state index contributed by atoms with van der Waals surface area (Å²) >= 11 is 3.64. The Morgan fingerprint density at radius 1 is 1.07 bits per heavy atom. The van der Waals surface area contributed by atoms with Crippen LogP contribution in [-0.4, -0.2) is 5.54 Å². The van der Waals surface area contributed by atoms with E-state index in [2.05, 4.69) is 40.2 Å². The molecule has 0 saturated heterocycles. The van der Waals surface area contributed by atoms with E-state index < -0.39 is 0 Å². The van der Waals surface area contributed by atoms with Crippen molar-refractivity contribution in [2.24, 2.45) is 5.73 Å². The highest BCUT2D eigenvalue weighted by Crippen LogP contribution is 2.64. The lowest BCUT2D eigenvalue weighted by Crippen LogP contribution is -2.37. The number of hydrogen-bond acceptors (Lipinski definition) is 1. The van der Waals surface area contributed by atoms with E-state index in [4.69, 9.17) is 5.73 Å². The van der Waals surface area contributed by atoms with Gasteiger partial charge in [0.25, 0.3) is 0 Å². The second-order valence-corrected chi connectivity index (χ2v) is 5.57. The van der Waals surface area contributed by atoms with Gasteiger partial charge in [0.05, 0.1) is 0 Å². The van der Waals surface area contributed by atoms with Gasteiger partial charge < -0.3 is 5.73 Å². The molecule has 0 atom stereocenters. The predicted molar refractivity (Wildman–Crippen MR) is 61.2 cm³/mol. The monoisotopic (exact) mass is 251 g/mol. The SMILES string of the molecule is NC1(C2(c3ccccc3Br)CC2)CC1. The normalized spacial score (nSPS) is 25.9. The molecule has 0 unspecified atom stereocenters. The Labute approximate surface area is 92.8 Å². The van der Waals surface area contributed by atoms with Crippen molar-refractivity contribution in [1.29, 1.82) is 0 Å². The van der Waals surface area contributed by atoms with E-state index in [1.54, 1.807) is 0 Å². The Hall–Kier alpha value is -0.340. The van der Waals surface area contributed by atoms with Crippen LogP contribution in [0.1, 0.15) is 31.2 Å². The van der Waals surface area contributed by atoms with E-state index in [1.165, 1.54) is 35.7 Å². The molecule has 2 N–H and O–H groups in total. The average Bonchev–Trinajstić information content (AvgIpc) is 3.01. The third kappa shape index (κ3) is 1.04. The first-order chi connectivity index (χ1) is 6.68. The summed E-state index contributed by atoms with van der Waals surface area (Å²) in [5, 5.41) is 0. The van der Waals surface area contributed by atoms with Crippen molar-refractivity contribution in [1.82, 2.24) is 0 Å². The van der Waals surface area contributed by atoms with Crippen molar-refractivity contribution in [3.8, 4) is 0 Å². The summed E-state index contributed by atoms with van der Waals surface area (Å²) in [7, 11) is 0. The molecule has 1 aromatic carbocycles. The molecule has 2 saturated carbocycles. The van der Waals surface area contributed by atoms with Crippen LogP contribution in [0.25, 0.3) is 0 Å². The van der Waals surface area contributed by atoms with E-state index in [9.17, 15) is 0 Å². The van der Waals surface area contributed by atoms with Crippen LogP contribution < -0.4 is 5.73 Å². The van der Waals surface area contributed by atoms with Crippen LogP contribution in [-0.2, 0) is 5.41 Å². The zero-order chi connectivity index (χ0) is 9.81. The zero-order valence-corrected chi connectivity index (χ0v) is 9.68. The second-order valence-electron chi connectivity index (χ2n) is 4.72. The van der Waals surface area contributed by atoms with Crippen molar-refractivity contribution >= 4 is 15.9 Å². The molecule has 0 heterocycles. The molecule has 2 heteroatoms. The maximum atomic E-state index is 6.37. The van der Waals surface area contributed by atoms with Crippen molar-refractivity contribution < 1.29 is 0 Å². The lowest BCUT2D eigenvalue weighted by Gasteiger charge is -2.24.